The second-order valence-electron chi connectivity index (χ2n) is 9.44. The summed E-state index contributed by atoms with van der Waals surface area (Å²) in [6.45, 7) is 1.32. The van der Waals surface area contributed by atoms with Gasteiger partial charge in [0.05, 0.1) is 13.2 Å². The molecule has 1 aliphatic carbocycles. The molecule has 0 saturated carbocycles. The number of fused-ring (bicyclic) bond motifs is 4. The van der Waals surface area contributed by atoms with Gasteiger partial charge in [0.15, 0.2) is 0 Å². The summed E-state index contributed by atoms with van der Waals surface area (Å²) in [5, 5.41) is 11.4. The van der Waals surface area contributed by atoms with Crippen molar-refractivity contribution in [1.82, 2.24) is 0 Å². The van der Waals surface area contributed by atoms with Crippen LogP contribution in [0.3, 0.4) is 0 Å². The van der Waals surface area contributed by atoms with Crippen LogP contribution >= 0.6 is 0 Å². The fraction of sp³-hybridized carbons (Fsp3) is 0.281. The third kappa shape index (κ3) is 5.54. The topological polar surface area (TPSA) is 55.8 Å². The number of carbonyl (C=O) groups is 1. The summed E-state index contributed by atoms with van der Waals surface area (Å²) in [6, 6.07) is 29.5. The van der Waals surface area contributed by atoms with Crippen LogP contribution in [0.25, 0.3) is 21.9 Å². The number of carboxylic acid groups (broad SMARTS) is 1. The predicted molar refractivity (Wildman–Crippen MR) is 144 cm³/mol. The van der Waals surface area contributed by atoms with E-state index < -0.39 is 5.97 Å². The molecule has 4 aromatic carbocycles. The molecule has 1 unspecified atom stereocenters. The molecule has 0 fully saturated rings. The number of benzene rings is 4. The molecule has 5 rings (SSSR count). The lowest BCUT2D eigenvalue weighted by molar-refractivity contribution is -0.137. The molecule has 0 amide bonds. The number of unbranched alkanes of at least 4 members (excludes halogenated alkanes) is 2. The van der Waals surface area contributed by atoms with E-state index in [1.807, 2.05) is 18.2 Å². The number of carboxylic acids is 1. The van der Waals surface area contributed by atoms with Gasteiger partial charge in [0.1, 0.15) is 11.5 Å². The normalized spacial score (nSPS) is 13.8. The molecule has 0 bridgehead atoms. The molecule has 0 saturated heterocycles. The maximum absolute atomic E-state index is 10.9. The van der Waals surface area contributed by atoms with E-state index in [0.717, 1.165) is 37.2 Å². The minimum Gasteiger partial charge on any atom is -0.494 e. The number of hydrogen-bond acceptors (Lipinski definition) is 3. The fourth-order valence-electron chi connectivity index (χ4n) is 5.15. The molecule has 1 atom stereocenters. The van der Waals surface area contributed by atoms with Gasteiger partial charge in [-0.25, -0.2) is 0 Å². The Labute approximate surface area is 212 Å². The maximum Gasteiger partial charge on any atom is 0.303 e. The van der Waals surface area contributed by atoms with Gasteiger partial charge in [-0.2, -0.15) is 0 Å². The summed E-state index contributed by atoms with van der Waals surface area (Å²) in [7, 11) is 0. The lowest BCUT2D eigenvalue weighted by atomic mass is 9.91. The second-order valence-corrected chi connectivity index (χ2v) is 9.44. The molecule has 0 radical (unpaired) electrons. The minimum absolute atomic E-state index is 0.231. The van der Waals surface area contributed by atoms with Crippen LogP contribution in [0.1, 0.15) is 55.6 Å². The summed E-state index contributed by atoms with van der Waals surface area (Å²) in [5.74, 6) is 1.37. The van der Waals surface area contributed by atoms with Crippen LogP contribution in [-0.2, 0) is 4.79 Å². The zero-order chi connectivity index (χ0) is 24.7. The lowest BCUT2D eigenvalue weighted by Crippen LogP contribution is -2.03. The van der Waals surface area contributed by atoms with Gasteiger partial charge in [-0.05, 0) is 83.0 Å². The number of ether oxygens (including phenoxy) is 2. The Balaban J connectivity index is 1.13. The monoisotopic (exact) mass is 480 g/mol. The standard InChI is InChI=1S/C32H32O4/c33-32(34)14-6-5-13-29-27-11-3-4-12-28(27)30-18-17-26(22-31(29)30)36-20-8-7-19-35-25-16-15-23-9-1-2-10-24(23)21-25/h1-4,9-12,15-18,21-22,29H,5-8,13-14,19-20H2,(H,33,34). The van der Waals surface area contributed by atoms with E-state index in [0.29, 0.717) is 25.6 Å². The Morgan fingerprint density at radius 3 is 2.14 bits per heavy atom. The molecular formula is C32H32O4. The molecule has 0 aliphatic heterocycles. The van der Waals surface area contributed by atoms with Crippen molar-refractivity contribution in [2.24, 2.45) is 0 Å². The molecule has 4 aromatic rings. The number of hydrogen-bond donors (Lipinski definition) is 1. The van der Waals surface area contributed by atoms with Gasteiger partial charge in [-0.15, -0.1) is 0 Å². The van der Waals surface area contributed by atoms with Crippen molar-refractivity contribution >= 4 is 16.7 Å². The maximum atomic E-state index is 10.9. The van der Waals surface area contributed by atoms with Crippen LogP contribution in [-0.4, -0.2) is 24.3 Å². The molecule has 0 spiro atoms. The second kappa shape index (κ2) is 11.3. The van der Waals surface area contributed by atoms with Crippen molar-refractivity contribution in [3.63, 3.8) is 0 Å². The number of rotatable bonds is 12. The van der Waals surface area contributed by atoms with Crippen LogP contribution in [0.5, 0.6) is 11.5 Å². The summed E-state index contributed by atoms with van der Waals surface area (Å²) >= 11 is 0. The van der Waals surface area contributed by atoms with Gasteiger partial charge in [0, 0.05) is 12.3 Å². The smallest absolute Gasteiger partial charge is 0.303 e. The van der Waals surface area contributed by atoms with E-state index in [1.54, 1.807) is 0 Å². The third-order valence-electron chi connectivity index (χ3n) is 6.96. The molecule has 36 heavy (non-hydrogen) atoms. The highest BCUT2D eigenvalue weighted by Crippen LogP contribution is 2.48. The van der Waals surface area contributed by atoms with Gasteiger partial charge in [0.25, 0.3) is 0 Å². The lowest BCUT2D eigenvalue weighted by Gasteiger charge is -2.15. The van der Waals surface area contributed by atoms with Gasteiger partial charge in [0.2, 0.25) is 0 Å². The van der Waals surface area contributed by atoms with E-state index in [-0.39, 0.29) is 6.42 Å². The molecule has 4 nitrogen and oxygen atoms in total. The predicted octanol–water partition coefficient (Wildman–Crippen LogP) is 7.84. The Morgan fingerprint density at radius 1 is 0.667 bits per heavy atom. The summed E-state index contributed by atoms with van der Waals surface area (Å²) < 4.78 is 12.1. The molecule has 1 N–H and O–H groups in total. The van der Waals surface area contributed by atoms with Gasteiger partial charge >= 0.3 is 5.97 Å². The number of aliphatic carboxylic acids is 1. The molecule has 0 heterocycles. The summed E-state index contributed by atoms with van der Waals surface area (Å²) in [6.07, 6.45) is 4.63. The quantitative estimate of drug-likeness (QED) is 0.210. The van der Waals surface area contributed by atoms with Crippen molar-refractivity contribution in [1.29, 1.82) is 0 Å². The van der Waals surface area contributed by atoms with Crippen molar-refractivity contribution in [2.45, 2.75) is 44.4 Å². The first kappa shape index (κ1) is 23.9. The van der Waals surface area contributed by atoms with Crippen LogP contribution in [0.15, 0.2) is 84.9 Å². The van der Waals surface area contributed by atoms with Gasteiger partial charge in [-0.1, -0.05) is 67.1 Å². The Hall–Kier alpha value is -3.79. The Kier molecular flexibility index (Phi) is 7.51. The average Bonchev–Trinajstić information content (AvgIpc) is 3.21. The highest BCUT2D eigenvalue weighted by atomic mass is 16.5. The van der Waals surface area contributed by atoms with Gasteiger partial charge in [-0.3, -0.25) is 4.79 Å². The highest BCUT2D eigenvalue weighted by Gasteiger charge is 2.28. The third-order valence-corrected chi connectivity index (χ3v) is 6.96. The van der Waals surface area contributed by atoms with Crippen molar-refractivity contribution < 1.29 is 19.4 Å². The average molecular weight is 481 g/mol. The van der Waals surface area contributed by atoms with E-state index in [4.69, 9.17) is 14.6 Å². The summed E-state index contributed by atoms with van der Waals surface area (Å²) in [4.78, 5) is 10.9. The van der Waals surface area contributed by atoms with Crippen LogP contribution in [0, 0.1) is 0 Å². The molecule has 1 aliphatic rings. The van der Waals surface area contributed by atoms with Crippen LogP contribution in [0.4, 0.5) is 0 Å². The molecule has 0 aromatic heterocycles. The minimum atomic E-state index is -0.722. The van der Waals surface area contributed by atoms with Crippen molar-refractivity contribution in [2.75, 3.05) is 13.2 Å². The van der Waals surface area contributed by atoms with Gasteiger partial charge < -0.3 is 14.6 Å². The molecular weight excluding hydrogens is 448 g/mol. The van der Waals surface area contributed by atoms with Crippen molar-refractivity contribution in [3.8, 4) is 22.6 Å². The van der Waals surface area contributed by atoms with E-state index >= 15 is 0 Å². The summed E-state index contributed by atoms with van der Waals surface area (Å²) in [5.41, 5.74) is 5.19. The zero-order valence-electron chi connectivity index (χ0n) is 20.5. The van der Waals surface area contributed by atoms with Crippen LogP contribution < -0.4 is 9.47 Å². The van der Waals surface area contributed by atoms with E-state index in [2.05, 4.69) is 66.7 Å². The first-order valence-electron chi connectivity index (χ1n) is 12.9. The molecule has 184 valence electrons. The van der Waals surface area contributed by atoms with E-state index in [1.165, 1.54) is 33.0 Å². The first-order chi connectivity index (χ1) is 17.7. The Morgan fingerprint density at radius 2 is 1.33 bits per heavy atom. The molecule has 4 heteroatoms. The largest absolute Gasteiger partial charge is 0.494 e. The van der Waals surface area contributed by atoms with Crippen molar-refractivity contribution in [3.05, 3.63) is 96.1 Å². The fourth-order valence-corrected chi connectivity index (χ4v) is 5.15. The highest BCUT2D eigenvalue weighted by molar-refractivity contribution is 5.83. The Bertz CT molecular complexity index is 1340. The zero-order valence-corrected chi connectivity index (χ0v) is 20.5. The SMILES string of the molecule is O=C(O)CCCCC1c2ccccc2-c2ccc(OCCCCOc3ccc4ccccc4c3)cc21. The van der Waals surface area contributed by atoms with E-state index in [9.17, 15) is 4.79 Å². The first-order valence-corrected chi connectivity index (χ1v) is 12.9. The van der Waals surface area contributed by atoms with Crippen LogP contribution in [0.2, 0.25) is 0 Å².